The average molecular weight is 191 g/mol. The highest BCUT2D eigenvalue weighted by atomic mass is 19.1. The first kappa shape index (κ1) is 8.94. The predicted octanol–water partition coefficient (Wildman–Crippen LogP) is 2.08. The number of hydroxylamine groups is 1. The summed E-state index contributed by atoms with van der Waals surface area (Å²) in [6, 6.07) is 5.80. The van der Waals surface area contributed by atoms with Crippen LogP contribution >= 0.6 is 0 Å². The Morgan fingerprint density at radius 2 is 1.93 bits per heavy atom. The Balaban J connectivity index is 2.42. The summed E-state index contributed by atoms with van der Waals surface area (Å²) in [7, 11) is 0. The van der Waals surface area contributed by atoms with Gasteiger partial charge in [0.2, 0.25) is 5.71 Å². The average Bonchev–Trinajstić information content (AvgIpc) is 2.50. The van der Waals surface area contributed by atoms with Crippen molar-refractivity contribution in [3.8, 4) is 0 Å². The minimum Gasteiger partial charge on any atom is -0.623 e. The third kappa shape index (κ3) is 1.41. The van der Waals surface area contributed by atoms with Crippen LogP contribution in [0.15, 0.2) is 36.4 Å². The fourth-order valence-corrected chi connectivity index (χ4v) is 1.45. The van der Waals surface area contributed by atoms with E-state index < -0.39 is 0 Å². The summed E-state index contributed by atoms with van der Waals surface area (Å²) in [4.78, 5) is 0. The molecule has 14 heavy (non-hydrogen) atoms. The zero-order chi connectivity index (χ0) is 10.1. The van der Waals surface area contributed by atoms with Crippen LogP contribution in [0.3, 0.4) is 0 Å². The SMILES string of the molecule is CC1C=CC(c2ccc(F)cc2)=[N+]1[O-]. The van der Waals surface area contributed by atoms with Crippen molar-refractivity contribution in [1.82, 2.24) is 0 Å². The van der Waals surface area contributed by atoms with E-state index in [1.54, 1.807) is 18.2 Å². The second-order valence-electron chi connectivity index (χ2n) is 3.32. The molecule has 0 saturated heterocycles. The summed E-state index contributed by atoms with van der Waals surface area (Å²) >= 11 is 0. The number of halogens is 1. The van der Waals surface area contributed by atoms with Crippen LogP contribution in [0, 0.1) is 11.0 Å². The summed E-state index contributed by atoms with van der Waals surface area (Å²) < 4.78 is 13.6. The van der Waals surface area contributed by atoms with Crippen LogP contribution in [0.25, 0.3) is 0 Å². The third-order valence-electron chi connectivity index (χ3n) is 2.28. The van der Waals surface area contributed by atoms with E-state index in [-0.39, 0.29) is 11.9 Å². The van der Waals surface area contributed by atoms with Crippen molar-refractivity contribution >= 4 is 5.71 Å². The predicted molar refractivity (Wildman–Crippen MR) is 52.7 cm³/mol. The van der Waals surface area contributed by atoms with Gasteiger partial charge in [-0.15, -0.1) is 0 Å². The maximum Gasteiger partial charge on any atom is 0.218 e. The van der Waals surface area contributed by atoms with E-state index in [1.165, 1.54) is 12.1 Å². The molecule has 1 heterocycles. The molecule has 1 aromatic rings. The molecular formula is C11H10FNO. The minimum absolute atomic E-state index is 0.130. The van der Waals surface area contributed by atoms with Gasteiger partial charge >= 0.3 is 0 Å². The molecule has 2 rings (SSSR count). The fraction of sp³-hybridized carbons (Fsp3) is 0.182. The van der Waals surface area contributed by atoms with Gasteiger partial charge in [0.1, 0.15) is 5.82 Å². The topological polar surface area (TPSA) is 26.1 Å². The van der Waals surface area contributed by atoms with E-state index in [0.717, 1.165) is 10.3 Å². The van der Waals surface area contributed by atoms with Crippen molar-refractivity contribution in [3.63, 3.8) is 0 Å². The van der Waals surface area contributed by atoms with Gasteiger partial charge in [0.15, 0.2) is 6.04 Å². The van der Waals surface area contributed by atoms with Gasteiger partial charge in [-0.25, -0.2) is 4.39 Å². The second-order valence-corrected chi connectivity index (χ2v) is 3.32. The molecule has 3 heteroatoms. The van der Waals surface area contributed by atoms with Crippen LogP contribution < -0.4 is 0 Å². The highest BCUT2D eigenvalue weighted by molar-refractivity contribution is 6.06. The summed E-state index contributed by atoms with van der Waals surface area (Å²) in [5, 5.41) is 11.5. The Morgan fingerprint density at radius 1 is 1.29 bits per heavy atom. The van der Waals surface area contributed by atoms with Crippen LogP contribution in [0.1, 0.15) is 12.5 Å². The normalized spacial score (nSPS) is 20.6. The fourth-order valence-electron chi connectivity index (χ4n) is 1.45. The Labute approximate surface area is 81.6 Å². The molecule has 0 aromatic heterocycles. The molecule has 0 N–H and O–H groups in total. The quantitative estimate of drug-likeness (QED) is 0.493. The van der Waals surface area contributed by atoms with Gasteiger partial charge in [0.25, 0.3) is 0 Å². The number of rotatable bonds is 1. The largest absolute Gasteiger partial charge is 0.623 e. The highest BCUT2D eigenvalue weighted by Gasteiger charge is 2.19. The molecule has 0 saturated carbocycles. The monoisotopic (exact) mass is 191 g/mol. The molecule has 0 aliphatic carbocycles. The van der Waals surface area contributed by atoms with Crippen molar-refractivity contribution in [1.29, 1.82) is 0 Å². The lowest BCUT2D eigenvalue weighted by atomic mass is 10.1. The van der Waals surface area contributed by atoms with Gasteiger partial charge < -0.3 is 5.21 Å². The van der Waals surface area contributed by atoms with Crippen molar-refractivity contribution < 1.29 is 9.13 Å². The number of allylic oxidation sites excluding steroid dienone is 1. The lowest BCUT2D eigenvalue weighted by Gasteiger charge is -2.06. The first-order valence-corrected chi connectivity index (χ1v) is 4.46. The molecule has 1 aliphatic heterocycles. The summed E-state index contributed by atoms with van der Waals surface area (Å²) in [6.07, 6.45) is 3.59. The maximum atomic E-state index is 12.6. The van der Waals surface area contributed by atoms with E-state index in [9.17, 15) is 9.60 Å². The number of hydrogen-bond donors (Lipinski definition) is 0. The Morgan fingerprint density at radius 3 is 2.43 bits per heavy atom. The molecule has 1 atom stereocenters. The zero-order valence-corrected chi connectivity index (χ0v) is 7.77. The Bertz CT molecular complexity index is 406. The van der Waals surface area contributed by atoms with E-state index in [1.807, 2.05) is 13.0 Å². The zero-order valence-electron chi connectivity index (χ0n) is 7.77. The van der Waals surface area contributed by atoms with Crippen molar-refractivity contribution in [2.45, 2.75) is 13.0 Å². The van der Waals surface area contributed by atoms with E-state index >= 15 is 0 Å². The minimum atomic E-state index is -0.290. The van der Waals surface area contributed by atoms with Crippen molar-refractivity contribution in [2.24, 2.45) is 0 Å². The van der Waals surface area contributed by atoms with Gasteiger partial charge in [-0.1, -0.05) is 0 Å². The van der Waals surface area contributed by atoms with E-state index in [0.29, 0.717) is 5.71 Å². The molecule has 0 bridgehead atoms. The van der Waals surface area contributed by atoms with E-state index in [2.05, 4.69) is 0 Å². The van der Waals surface area contributed by atoms with Gasteiger partial charge in [-0.05, 0) is 30.3 Å². The second kappa shape index (κ2) is 3.25. The Hall–Kier alpha value is -1.64. The lowest BCUT2D eigenvalue weighted by Crippen LogP contribution is -2.16. The summed E-state index contributed by atoms with van der Waals surface area (Å²) in [5.74, 6) is -0.290. The first-order chi connectivity index (χ1) is 6.68. The first-order valence-electron chi connectivity index (χ1n) is 4.46. The highest BCUT2D eigenvalue weighted by Crippen LogP contribution is 2.11. The smallest absolute Gasteiger partial charge is 0.218 e. The third-order valence-corrected chi connectivity index (χ3v) is 2.28. The summed E-state index contributed by atoms with van der Waals surface area (Å²) in [6.45, 7) is 1.82. The number of nitrogens with zero attached hydrogens (tertiary/aromatic N) is 1. The molecule has 0 radical (unpaired) electrons. The molecule has 0 fully saturated rings. The maximum absolute atomic E-state index is 12.6. The lowest BCUT2D eigenvalue weighted by molar-refractivity contribution is -0.478. The molecule has 1 unspecified atom stereocenters. The van der Waals surface area contributed by atoms with Crippen molar-refractivity contribution in [3.05, 3.63) is 53.0 Å². The number of hydrogen-bond acceptors (Lipinski definition) is 1. The molecular weight excluding hydrogens is 181 g/mol. The molecule has 1 aromatic carbocycles. The molecule has 0 spiro atoms. The molecule has 72 valence electrons. The summed E-state index contributed by atoms with van der Waals surface area (Å²) in [5.41, 5.74) is 1.35. The molecule has 0 amide bonds. The number of benzene rings is 1. The van der Waals surface area contributed by atoms with Gasteiger partial charge in [-0.3, -0.25) is 0 Å². The molecule has 1 aliphatic rings. The molecule has 2 nitrogen and oxygen atoms in total. The van der Waals surface area contributed by atoms with E-state index in [4.69, 9.17) is 0 Å². The van der Waals surface area contributed by atoms with Gasteiger partial charge in [0.05, 0.1) is 0 Å². The standard InChI is InChI=1S/C11H10FNO/c1-8-2-7-11(13(8)14)9-3-5-10(12)6-4-9/h2-8H,1H3. The van der Waals surface area contributed by atoms with Crippen LogP contribution in [0.4, 0.5) is 4.39 Å². The van der Waals surface area contributed by atoms with Crippen LogP contribution in [0.2, 0.25) is 0 Å². The van der Waals surface area contributed by atoms with Crippen LogP contribution in [0.5, 0.6) is 0 Å². The van der Waals surface area contributed by atoms with Gasteiger partial charge in [-0.2, -0.15) is 4.74 Å². The van der Waals surface area contributed by atoms with Gasteiger partial charge in [0, 0.05) is 18.6 Å². The van der Waals surface area contributed by atoms with Crippen molar-refractivity contribution in [2.75, 3.05) is 0 Å². The van der Waals surface area contributed by atoms with Crippen LogP contribution in [-0.4, -0.2) is 16.5 Å². The van der Waals surface area contributed by atoms with Crippen LogP contribution in [-0.2, 0) is 0 Å². The Kier molecular flexibility index (Phi) is 2.08.